The van der Waals surface area contributed by atoms with Crippen LogP contribution in [0.4, 0.5) is 0 Å². The van der Waals surface area contributed by atoms with Gasteiger partial charge in [-0.3, -0.25) is 0 Å². The number of benzene rings is 1. The molecule has 1 aromatic rings. The van der Waals surface area contributed by atoms with E-state index < -0.39 is 6.53 Å². The first kappa shape index (κ1) is 1.73. The Morgan fingerprint density at radius 2 is 2.88 bits per heavy atom. The summed E-state index contributed by atoms with van der Waals surface area (Å²) in [5.41, 5.74) is 0.160. The van der Waals surface area contributed by atoms with Crippen LogP contribution < -0.4 is 0 Å². The van der Waals surface area contributed by atoms with E-state index in [4.69, 9.17) is 6.85 Å². The summed E-state index contributed by atoms with van der Waals surface area (Å²) in [6.07, 6.45) is 0. The van der Waals surface area contributed by atoms with E-state index in [1.807, 2.05) is 0 Å². The molecule has 0 N–H and O–H groups in total. The van der Waals surface area contributed by atoms with Crippen LogP contribution in [-0.2, 0) is 0 Å². The van der Waals surface area contributed by atoms with Crippen LogP contribution >= 0.6 is 0 Å². The maximum absolute atomic E-state index is 7.41. The Hall–Kier alpha value is -1.04. The predicted octanol–water partition coefficient (Wildman–Crippen LogP) is 2.33. The molecule has 40 valence electrons. The van der Waals surface area contributed by atoms with Crippen LogP contribution in [-0.4, -0.2) is 0 Å². The minimum atomic E-state index is -0.640. The monoisotopic (exact) mass is 109 g/mol. The summed E-state index contributed by atoms with van der Waals surface area (Å²) >= 11 is 0. The third kappa shape index (κ3) is 0.969. The van der Waals surface area contributed by atoms with E-state index in [0.29, 0.717) is 0 Å². The number of rotatable bonds is 1. The van der Waals surface area contributed by atoms with Gasteiger partial charge < -0.3 is 0 Å². The summed E-state index contributed by atoms with van der Waals surface area (Å²) in [4.78, 5) is 0. The maximum atomic E-state index is 7.41. The van der Waals surface area contributed by atoms with E-state index in [0.717, 1.165) is 0 Å². The van der Waals surface area contributed by atoms with Gasteiger partial charge in [-0.15, -0.1) is 0 Å². The fraction of sp³-hybridized carbons (Fsp3) is 0. The lowest BCUT2D eigenvalue weighted by atomic mass is 10.2. The minimum absolute atomic E-state index is 0.00324. The molecule has 0 saturated heterocycles. The van der Waals surface area contributed by atoms with Gasteiger partial charge in [-0.1, -0.05) is 42.9 Å². The minimum Gasteiger partial charge on any atom is -0.0985 e. The molecule has 0 radical (unpaired) electrons. The third-order valence-electron chi connectivity index (χ3n) is 0.784. The average Bonchev–Trinajstić information content (AvgIpc) is 2.08. The SMILES string of the molecule is [2H]C([2H])=C([2H])c1cccc([2H])c1[2H]. The average molecular weight is 109 g/mol. The molecule has 0 heteroatoms. The zero-order valence-corrected chi connectivity index (χ0v) is 4.23. The highest BCUT2D eigenvalue weighted by atomic mass is 13.8. The van der Waals surface area contributed by atoms with Crippen LogP contribution in [0.5, 0.6) is 0 Å². The summed E-state index contributed by atoms with van der Waals surface area (Å²) in [7, 11) is 0. The molecule has 0 nitrogen and oxygen atoms in total. The van der Waals surface area contributed by atoms with Crippen molar-refractivity contribution in [3.05, 3.63) is 42.4 Å². The van der Waals surface area contributed by atoms with Crippen molar-refractivity contribution in [1.29, 1.82) is 0 Å². The molecule has 0 saturated carbocycles. The topological polar surface area (TPSA) is 0 Å². The molecule has 0 heterocycles. The molecule has 0 unspecified atom stereocenters. The zero-order chi connectivity index (χ0) is 10.0. The molecule has 0 aromatic heterocycles. The van der Waals surface area contributed by atoms with Gasteiger partial charge in [0.25, 0.3) is 0 Å². The zero-order valence-electron chi connectivity index (χ0n) is 9.23. The Labute approximate surface area is 56.5 Å². The van der Waals surface area contributed by atoms with E-state index in [-0.39, 0.29) is 23.7 Å². The molecule has 0 spiro atoms. The summed E-state index contributed by atoms with van der Waals surface area (Å²) in [6, 6.07) is 4.01. The largest absolute Gasteiger partial charge is 0.0985 e. The van der Waals surface area contributed by atoms with Gasteiger partial charge in [-0.25, -0.2) is 0 Å². The molecule has 0 atom stereocenters. The lowest BCUT2D eigenvalue weighted by Crippen LogP contribution is -1.63. The summed E-state index contributed by atoms with van der Waals surface area (Å²) < 4.78 is 35.8. The van der Waals surface area contributed by atoms with Crippen LogP contribution in [0.15, 0.2) is 36.8 Å². The Morgan fingerprint density at radius 3 is 3.75 bits per heavy atom. The Morgan fingerprint density at radius 1 is 1.88 bits per heavy atom. The van der Waals surface area contributed by atoms with Gasteiger partial charge in [0.1, 0.15) is 0 Å². The van der Waals surface area contributed by atoms with Crippen molar-refractivity contribution >= 4 is 6.05 Å². The second-order valence-electron chi connectivity index (χ2n) is 1.33. The Balaban J connectivity index is 3.32. The van der Waals surface area contributed by atoms with Gasteiger partial charge in [-0.05, 0) is 5.56 Å². The van der Waals surface area contributed by atoms with Crippen LogP contribution in [0.25, 0.3) is 6.05 Å². The van der Waals surface area contributed by atoms with Crippen LogP contribution in [0.3, 0.4) is 0 Å². The fourth-order valence-electron chi connectivity index (χ4n) is 0.426. The summed E-state index contributed by atoms with van der Waals surface area (Å²) in [5, 5.41) is 0. The number of hydrogen-bond acceptors (Lipinski definition) is 0. The normalized spacial score (nSPS) is 16.8. The molecular weight excluding hydrogens is 96.1 g/mol. The van der Waals surface area contributed by atoms with Gasteiger partial charge in [0.05, 0.1) is 6.85 Å². The van der Waals surface area contributed by atoms with Crippen LogP contribution in [0.2, 0.25) is 0 Å². The molecular formula is C8H8. The first-order valence-electron chi connectivity index (χ1n) is 4.74. The van der Waals surface area contributed by atoms with E-state index >= 15 is 0 Å². The van der Waals surface area contributed by atoms with E-state index in [2.05, 4.69) is 0 Å². The second kappa shape index (κ2) is 2.31. The van der Waals surface area contributed by atoms with Crippen molar-refractivity contribution in [3.8, 4) is 0 Å². The molecule has 0 aliphatic carbocycles. The Kier molecular flexibility index (Phi) is 0.500. The molecule has 0 bridgehead atoms. The van der Waals surface area contributed by atoms with Gasteiger partial charge in [0.15, 0.2) is 0 Å². The van der Waals surface area contributed by atoms with Crippen molar-refractivity contribution in [3.63, 3.8) is 0 Å². The molecule has 1 rings (SSSR count). The summed E-state index contributed by atoms with van der Waals surface area (Å²) in [5.74, 6) is 0. The third-order valence-corrected chi connectivity index (χ3v) is 0.784. The van der Waals surface area contributed by atoms with Crippen LogP contribution in [0, 0.1) is 0 Å². The van der Waals surface area contributed by atoms with Crippen molar-refractivity contribution in [2.75, 3.05) is 0 Å². The highest BCUT2D eigenvalue weighted by Gasteiger charge is 1.75. The first-order chi connectivity index (χ1) is 6.04. The lowest BCUT2D eigenvalue weighted by molar-refractivity contribution is 1.67. The predicted molar refractivity (Wildman–Crippen MR) is 36.5 cm³/mol. The van der Waals surface area contributed by atoms with Crippen molar-refractivity contribution < 1.29 is 6.85 Å². The lowest BCUT2D eigenvalue weighted by Gasteiger charge is -1.85. The van der Waals surface area contributed by atoms with Crippen LogP contribution in [0.1, 0.15) is 12.4 Å². The highest BCUT2D eigenvalue weighted by Crippen LogP contribution is 1.97. The smallest absolute Gasteiger partial charge is 0.0629 e. The molecule has 0 aliphatic rings. The van der Waals surface area contributed by atoms with Gasteiger partial charge in [0, 0.05) is 0 Å². The van der Waals surface area contributed by atoms with Crippen molar-refractivity contribution in [2.45, 2.75) is 0 Å². The second-order valence-corrected chi connectivity index (χ2v) is 1.33. The highest BCUT2D eigenvalue weighted by molar-refractivity contribution is 5.45. The van der Waals surface area contributed by atoms with Gasteiger partial charge in [-0.2, -0.15) is 0 Å². The van der Waals surface area contributed by atoms with E-state index in [1.165, 1.54) is 18.2 Å². The molecule has 1 aromatic carbocycles. The van der Waals surface area contributed by atoms with E-state index in [9.17, 15) is 0 Å². The summed E-state index contributed by atoms with van der Waals surface area (Å²) in [6.45, 7) is -0.640. The molecule has 8 heavy (non-hydrogen) atoms. The van der Waals surface area contributed by atoms with E-state index in [1.54, 1.807) is 0 Å². The Bertz CT molecular complexity index is 352. The van der Waals surface area contributed by atoms with Crippen molar-refractivity contribution in [1.82, 2.24) is 0 Å². The molecule has 0 aliphatic heterocycles. The standard InChI is InChI=1S/C8H8/c1-2-8-6-4-3-5-7-8/h2-7H,1H2/i1D2,2D,4D,6D. The molecule has 0 fully saturated rings. The maximum Gasteiger partial charge on any atom is 0.0629 e. The quantitative estimate of drug-likeness (QED) is 0.519. The molecule has 0 amide bonds. The fourth-order valence-corrected chi connectivity index (χ4v) is 0.426. The van der Waals surface area contributed by atoms with Gasteiger partial charge in [0.2, 0.25) is 0 Å². The van der Waals surface area contributed by atoms with Gasteiger partial charge >= 0.3 is 0 Å². The van der Waals surface area contributed by atoms with Crippen molar-refractivity contribution in [2.24, 2.45) is 0 Å². The first-order valence-corrected chi connectivity index (χ1v) is 2.24. The number of hydrogen-bond donors (Lipinski definition) is 0.